The molecule has 2 rings (SSSR count). The van der Waals surface area contributed by atoms with Crippen LogP contribution >= 0.6 is 0 Å². The van der Waals surface area contributed by atoms with Crippen LogP contribution in [0.25, 0.3) is 0 Å². The van der Waals surface area contributed by atoms with Gasteiger partial charge in [-0.05, 0) is 32.9 Å². The van der Waals surface area contributed by atoms with E-state index in [1.54, 1.807) is 51.1 Å². The molecule has 1 aromatic carbocycles. The molecule has 26 heavy (non-hydrogen) atoms. The molecule has 0 aromatic heterocycles. The zero-order chi connectivity index (χ0) is 19.2. The molecule has 0 saturated carbocycles. The summed E-state index contributed by atoms with van der Waals surface area (Å²) in [7, 11) is 0. The average Bonchev–Trinajstić information content (AvgIpc) is 3.05. The minimum Gasteiger partial charge on any atom is -0.464 e. The number of carbonyl (C=O) groups excluding carboxylic acids is 3. The molecule has 0 spiro atoms. The molecule has 1 aliphatic rings. The van der Waals surface area contributed by atoms with Crippen LogP contribution in [0.1, 0.15) is 26.3 Å². The van der Waals surface area contributed by atoms with Crippen molar-refractivity contribution in [1.82, 2.24) is 0 Å². The van der Waals surface area contributed by atoms with Gasteiger partial charge in [0, 0.05) is 5.56 Å². The number of benzene rings is 1. The van der Waals surface area contributed by atoms with Crippen molar-refractivity contribution in [2.24, 2.45) is 4.99 Å². The van der Waals surface area contributed by atoms with Crippen molar-refractivity contribution >= 4 is 23.8 Å². The van der Waals surface area contributed by atoms with Crippen molar-refractivity contribution in [1.29, 1.82) is 0 Å². The van der Waals surface area contributed by atoms with Gasteiger partial charge in [-0.15, -0.1) is 0 Å². The van der Waals surface area contributed by atoms with Gasteiger partial charge in [0.2, 0.25) is 11.9 Å². The third-order valence-corrected chi connectivity index (χ3v) is 3.58. The molecule has 0 aliphatic carbocycles. The van der Waals surface area contributed by atoms with Crippen LogP contribution in [0.4, 0.5) is 0 Å². The van der Waals surface area contributed by atoms with Crippen LogP contribution in [0.3, 0.4) is 0 Å². The molecule has 1 atom stereocenters. The highest BCUT2D eigenvalue weighted by molar-refractivity contribution is 6.14. The minimum absolute atomic E-state index is 0.0143. The van der Waals surface area contributed by atoms with E-state index < -0.39 is 29.6 Å². The summed E-state index contributed by atoms with van der Waals surface area (Å²) in [5.74, 6) is -3.01. The highest BCUT2D eigenvalue weighted by Gasteiger charge is 2.65. The average molecular weight is 363 g/mol. The molecule has 8 heteroatoms. The standard InChI is InChI=1S/C18H21NO7/c1-4-23-15(20)13-18(16(21)24-5-2,17(22)25-6-3)26-14(19-13)12-10-8-7-9-11-12/h7-11,13H,4-6H2,1-3H3. The predicted molar refractivity (Wildman–Crippen MR) is 90.5 cm³/mol. The normalized spacial score (nSPS) is 17.7. The van der Waals surface area contributed by atoms with Gasteiger partial charge in [-0.3, -0.25) is 0 Å². The van der Waals surface area contributed by atoms with Crippen LogP contribution in [0, 0.1) is 0 Å². The number of hydrogen-bond donors (Lipinski definition) is 0. The zero-order valence-corrected chi connectivity index (χ0v) is 14.9. The van der Waals surface area contributed by atoms with Crippen molar-refractivity contribution < 1.29 is 33.3 Å². The Kier molecular flexibility index (Phi) is 6.32. The molecule has 1 heterocycles. The lowest BCUT2D eigenvalue weighted by atomic mass is 9.95. The van der Waals surface area contributed by atoms with E-state index in [2.05, 4.69) is 4.99 Å². The highest BCUT2D eigenvalue weighted by atomic mass is 16.6. The van der Waals surface area contributed by atoms with Crippen molar-refractivity contribution in [3.63, 3.8) is 0 Å². The number of aliphatic imine (C=N–C) groups is 1. The number of nitrogens with zero attached hydrogens (tertiary/aromatic N) is 1. The monoisotopic (exact) mass is 363 g/mol. The summed E-state index contributed by atoms with van der Waals surface area (Å²) in [5.41, 5.74) is -1.87. The van der Waals surface area contributed by atoms with Crippen molar-refractivity contribution in [2.45, 2.75) is 32.4 Å². The summed E-state index contributed by atoms with van der Waals surface area (Å²) in [6, 6.07) is 7.04. The molecule has 140 valence electrons. The second-order valence-corrected chi connectivity index (χ2v) is 5.23. The van der Waals surface area contributed by atoms with Gasteiger partial charge in [0.1, 0.15) is 0 Å². The van der Waals surface area contributed by atoms with Gasteiger partial charge in [-0.2, -0.15) is 0 Å². The van der Waals surface area contributed by atoms with Crippen molar-refractivity contribution in [3.8, 4) is 0 Å². The van der Waals surface area contributed by atoms with Crippen LogP contribution in [0.2, 0.25) is 0 Å². The lowest BCUT2D eigenvalue weighted by molar-refractivity contribution is -0.185. The predicted octanol–water partition coefficient (Wildman–Crippen LogP) is 1.26. The molecule has 0 bridgehead atoms. The first-order valence-corrected chi connectivity index (χ1v) is 8.34. The Morgan fingerprint density at radius 3 is 2.00 bits per heavy atom. The van der Waals surface area contributed by atoms with E-state index >= 15 is 0 Å². The Morgan fingerprint density at radius 2 is 1.50 bits per heavy atom. The van der Waals surface area contributed by atoms with E-state index in [0.717, 1.165) is 0 Å². The number of esters is 3. The Labute approximate surface area is 151 Å². The lowest BCUT2D eigenvalue weighted by Gasteiger charge is -2.27. The number of carbonyl (C=O) groups is 3. The third-order valence-electron chi connectivity index (χ3n) is 3.58. The van der Waals surface area contributed by atoms with Gasteiger partial charge >= 0.3 is 23.5 Å². The maximum Gasteiger partial charge on any atom is 0.365 e. The fourth-order valence-electron chi connectivity index (χ4n) is 2.46. The van der Waals surface area contributed by atoms with Gasteiger partial charge < -0.3 is 18.9 Å². The summed E-state index contributed by atoms with van der Waals surface area (Å²) in [5, 5.41) is 0. The zero-order valence-electron chi connectivity index (χ0n) is 14.9. The van der Waals surface area contributed by atoms with Gasteiger partial charge in [-0.1, -0.05) is 18.2 Å². The summed E-state index contributed by atoms with van der Waals surface area (Å²) >= 11 is 0. The van der Waals surface area contributed by atoms with E-state index in [0.29, 0.717) is 5.56 Å². The molecule has 0 N–H and O–H groups in total. The summed E-state index contributed by atoms with van der Waals surface area (Å²) in [6.45, 7) is 4.77. The molecule has 1 unspecified atom stereocenters. The molecule has 0 fully saturated rings. The molecule has 0 saturated heterocycles. The third kappa shape index (κ3) is 3.54. The first-order chi connectivity index (χ1) is 12.5. The SMILES string of the molecule is CCOC(=O)C1N=C(c2ccccc2)OC1(C(=O)OCC)C(=O)OCC. The highest BCUT2D eigenvalue weighted by Crippen LogP contribution is 2.32. The van der Waals surface area contributed by atoms with Gasteiger partial charge in [0.05, 0.1) is 19.8 Å². The molecule has 1 aliphatic heterocycles. The fourth-order valence-corrected chi connectivity index (χ4v) is 2.46. The molecule has 8 nitrogen and oxygen atoms in total. The smallest absolute Gasteiger partial charge is 0.365 e. The van der Waals surface area contributed by atoms with E-state index in [-0.39, 0.29) is 25.7 Å². The second-order valence-electron chi connectivity index (χ2n) is 5.23. The summed E-state index contributed by atoms with van der Waals surface area (Å²) in [4.78, 5) is 41.9. The largest absolute Gasteiger partial charge is 0.464 e. The summed E-state index contributed by atoms with van der Waals surface area (Å²) < 4.78 is 20.6. The maximum absolute atomic E-state index is 12.7. The topological polar surface area (TPSA) is 100 Å². The Bertz CT molecular complexity index is 681. The first kappa shape index (κ1) is 19.4. The van der Waals surface area contributed by atoms with E-state index in [9.17, 15) is 14.4 Å². The Balaban J connectivity index is 2.54. The minimum atomic E-state index is -2.37. The number of ether oxygens (including phenoxy) is 4. The van der Waals surface area contributed by atoms with Crippen LogP contribution in [0.5, 0.6) is 0 Å². The van der Waals surface area contributed by atoms with Crippen LogP contribution < -0.4 is 0 Å². The van der Waals surface area contributed by atoms with Gasteiger partial charge in [0.15, 0.2) is 0 Å². The second kappa shape index (κ2) is 8.46. The molecule has 1 aromatic rings. The summed E-state index contributed by atoms with van der Waals surface area (Å²) in [6.07, 6.45) is 0. The van der Waals surface area contributed by atoms with Crippen molar-refractivity contribution in [2.75, 3.05) is 19.8 Å². The fraction of sp³-hybridized carbons (Fsp3) is 0.444. The maximum atomic E-state index is 12.7. The van der Waals surface area contributed by atoms with Crippen molar-refractivity contribution in [3.05, 3.63) is 35.9 Å². The van der Waals surface area contributed by atoms with E-state index in [1.807, 2.05) is 0 Å². The van der Waals surface area contributed by atoms with E-state index in [1.165, 1.54) is 0 Å². The first-order valence-electron chi connectivity index (χ1n) is 8.34. The number of hydrogen-bond acceptors (Lipinski definition) is 8. The van der Waals surface area contributed by atoms with E-state index in [4.69, 9.17) is 18.9 Å². The van der Waals surface area contributed by atoms with Crippen LogP contribution in [-0.4, -0.2) is 55.3 Å². The Hall–Kier alpha value is -2.90. The van der Waals surface area contributed by atoms with Gasteiger partial charge in [-0.25, -0.2) is 19.4 Å². The molecular formula is C18H21NO7. The molecule has 0 radical (unpaired) electrons. The Morgan fingerprint density at radius 1 is 0.962 bits per heavy atom. The van der Waals surface area contributed by atoms with Gasteiger partial charge in [0.25, 0.3) is 0 Å². The number of rotatable bonds is 7. The van der Waals surface area contributed by atoms with Crippen LogP contribution in [0.15, 0.2) is 35.3 Å². The quantitative estimate of drug-likeness (QED) is 0.408. The lowest BCUT2D eigenvalue weighted by Crippen LogP contribution is -2.59. The molecular weight excluding hydrogens is 342 g/mol. The molecule has 0 amide bonds. The van der Waals surface area contributed by atoms with Crippen LogP contribution in [-0.2, 0) is 33.3 Å².